The van der Waals surface area contributed by atoms with Crippen LogP contribution in [0.4, 0.5) is 15.9 Å². The van der Waals surface area contributed by atoms with Crippen LogP contribution in [0.2, 0.25) is 0 Å². The lowest BCUT2D eigenvalue weighted by atomic mass is 10.2. The van der Waals surface area contributed by atoms with Crippen molar-refractivity contribution in [2.45, 2.75) is 0 Å². The minimum Gasteiger partial charge on any atom is -0.497 e. The number of carbonyl (C=O) groups excluding carboxylic acids is 2. The number of methoxy groups -OCH3 is 2. The van der Waals surface area contributed by atoms with Crippen molar-refractivity contribution in [3.05, 3.63) is 95.9 Å². The van der Waals surface area contributed by atoms with Gasteiger partial charge < -0.3 is 20.1 Å². The van der Waals surface area contributed by atoms with E-state index in [4.69, 9.17) is 9.47 Å². The Balaban J connectivity index is 1.71. The maximum atomic E-state index is 14.2. The fourth-order valence-corrected chi connectivity index (χ4v) is 3.31. The maximum Gasteiger partial charge on any atom is 0.261 e. The van der Waals surface area contributed by atoms with Crippen LogP contribution in [0.25, 0.3) is 5.69 Å². The van der Waals surface area contributed by atoms with Crippen molar-refractivity contribution < 1.29 is 23.5 Å². The molecule has 1 aromatic heterocycles. The van der Waals surface area contributed by atoms with Gasteiger partial charge in [-0.1, -0.05) is 30.3 Å². The second kappa shape index (κ2) is 9.86. The monoisotopic (exact) mass is 460 g/mol. The molecule has 172 valence electrons. The lowest BCUT2D eigenvalue weighted by Crippen LogP contribution is -2.20. The van der Waals surface area contributed by atoms with Crippen LogP contribution in [0, 0.1) is 5.82 Å². The van der Waals surface area contributed by atoms with Gasteiger partial charge in [0.05, 0.1) is 37.4 Å². The third-order valence-corrected chi connectivity index (χ3v) is 5.02. The number of anilines is 2. The number of para-hydroxylation sites is 1. The van der Waals surface area contributed by atoms with Crippen molar-refractivity contribution in [2.75, 3.05) is 24.9 Å². The first-order chi connectivity index (χ1) is 16.5. The van der Waals surface area contributed by atoms with Crippen LogP contribution in [0.15, 0.2) is 79.0 Å². The molecule has 0 saturated heterocycles. The predicted molar refractivity (Wildman–Crippen MR) is 125 cm³/mol. The number of hydrogen-bond donors (Lipinski definition) is 2. The van der Waals surface area contributed by atoms with E-state index in [1.165, 1.54) is 43.3 Å². The van der Waals surface area contributed by atoms with Crippen LogP contribution < -0.4 is 20.1 Å². The van der Waals surface area contributed by atoms with Crippen LogP contribution in [-0.4, -0.2) is 35.8 Å². The third kappa shape index (κ3) is 4.58. The summed E-state index contributed by atoms with van der Waals surface area (Å²) in [6, 6.07) is 19.5. The summed E-state index contributed by atoms with van der Waals surface area (Å²) in [6.45, 7) is 0. The Morgan fingerprint density at radius 3 is 2.26 bits per heavy atom. The number of carbonyl (C=O) groups is 2. The maximum absolute atomic E-state index is 14.2. The number of ether oxygens (including phenoxy) is 2. The van der Waals surface area contributed by atoms with E-state index in [9.17, 15) is 14.0 Å². The summed E-state index contributed by atoms with van der Waals surface area (Å²) in [7, 11) is 2.99. The fourth-order valence-electron chi connectivity index (χ4n) is 3.31. The van der Waals surface area contributed by atoms with Crippen molar-refractivity contribution in [1.29, 1.82) is 0 Å². The summed E-state index contributed by atoms with van der Waals surface area (Å²) in [4.78, 5) is 26.1. The van der Waals surface area contributed by atoms with Gasteiger partial charge in [0.1, 0.15) is 28.7 Å². The van der Waals surface area contributed by atoms with Crippen molar-refractivity contribution in [2.24, 2.45) is 0 Å². The van der Waals surface area contributed by atoms with Gasteiger partial charge in [-0.05, 0) is 36.4 Å². The quantitative estimate of drug-likeness (QED) is 0.423. The molecule has 0 aliphatic carbocycles. The molecule has 0 bridgehead atoms. The first-order valence-electron chi connectivity index (χ1n) is 10.2. The largest absolute Gasteiger partial charge is 0.497 e. The molecule has 8 nitrogen and oxygen atoms in total. The molecule has 0 radical (unpaired) electrons. The Morgan fingerprint density at radius 1 is 0.853 bits per heavy atom. The standard InChI is InChI=1S/C25H21FN4O4/c1-33-17-12-13-21(22(14-17)34-2)28-25(32)19-15-27-30(16-8-4-3-5-9-16)23(19)29-24(31)18-10-6-7-11-20(18)26/h3-15H,1-2H3,(H,28,32)(H,29,31). The number of amides is 2. The van der Waals surface area contributed by atoms with Gasteiger partial charge in [0, 0.05) is 6.07 Å². The minimum atomic E-state index is -0.716. The molecular weight excluding hydrogens is 439 g/mol. The van der Waals surface area contributed by atoms with Gasteiger partial charge in [-0.15, -0.1) is 0 Å². The van der Waals surface area contributed by atoms with Gasteiger partial charge in [-0.3, -0.25) is 9.59 Å². The van der Waals surface area contributed by atoms with Crippen LogP contribution in [-0.2, 0) is 0 Å². The summed E-state index contributed by atoms with van der Waals surface area (Å²) < 4.78 is 26.1. The average molecular weight is 460 g/mol. The molecule has 0 spiro atoms. The molecule has 2 N–H and O–H groups in total. The molecule has 0 saturated carbocycles. The van der Waals surface area contributed by atoms with E-state index in [2.05, 4.69) is 15.7 Å². The van der Waals surface area contributed by atoms with E-state index >= 15 is 0 Å². The highest BCUT2D eigenvalue weighted by Crippen LogP contribution is 2.30. The molecule has 4 rings (SSSR count). The summed E-state index contributed by atoms with van der Waals surface area (Å²) in [6.07, 6.45) is 1.33. The van der Waals surface area contributed by atoms with Gasteiger partial charge in [-0.2, -0.15) is 5.10 Å². The molecule has 1 heterocycles. The molecule has 9 heteroatoms. The molecule has 0 fully saturated rings. The molecule has 34 heavy (non-hydrogen) atoms. The highest BCUT2D eigenvalue weighted by molar-refractivity contribution is 6.12. The van der Waals surface area contributed by atoms with E-state index in [1.54, 1.807) is 48.5 Å². The van der Waals surface area contributed by atoms with Gasteiger partial charge >= 0.3 is 0 Å². The fraction of sp³-hybridized carbons (Fsp3) is 0.0800. The SMILES string of the molecule is COc1ccc(NC(=O)c2cnn(-c3ccccc3)c2NC(=O)c2ccccc2F)c(OC)c1. The number of nitrogens with zero attached hydrogens (tertiary/aromatic N) is 2. The number of hydrogen-bond acceptors (Lipinski definition) is 5. The molecule has 0 unspecified atom stereocenters. The highest BCUT2D eigenvalue weighted by atomic mass is 19.1. The molecular formula is C25H21FN4O4. The first kappa shape index (κ1) is 22.5. The lowest BCUT2D eigenvalue weighted by molar-refractivity contribution is 0.102. The number of nitrogens with one attached hydrogen (secondary N) is 2. The summed E-state index contributed by atoms with van der Waals surface area (Å²) in [5, 5.41) is 9.68. The zero-order chi connectivity index (χ0) is 24.1. The zero-order valence-corrected chi connectivity index (χ0v) is 18.4. The lowest BCUT2D eigenvalue weighted by Gasteiger charge is -2.13. The topological polar surface area (TPSA) is 94.5 Å². The Hall–Kier alpha value is -4.66. The molecule has 4 aromatic rings. The highest BCUT2D eigenvalue weighted by Gasteiger charge is 2.23. The third-order valence-electron chi connectivity index (χ3n) is 5.02. The van der Waals surface area contributed by atoms with E-state index < -0.39 is 17.6 Å². The van der Waals surface area contributed by atoms with E-state index in [1.807, 2.05) is 6.07 Å². The van der Waals surface area contributed by atoms with Crippen molar-refractivity contribution in [3.8, 4) is 17.2 Å². The van der Waals surface area contributed by atoms with Gasteiger partial charge in [0.2, 0.25) is 0 Å². The van der Waals surface area contributed by atoms with Crippen LogP contribution in [0.3, 0.4) is 0 Å². The smallest absolute Gasteiger partial charge is 0.261 e. The number of rotatable bonds is 7. The Kier molecular flexibility index (Phi) is 6.54. The molecule has 3 aromatic carbocycles. The van der Waals surface area contributed by atoms with E-state index in [-0.39, 0.29) is 16.9 Å². The Bertz CT molecular complexity index is 1340. The van der Waals surface area contributed by atoms with Gasteiger partial charge in [-0.25, -0.2) is 9.07 Å². The van der Waals surface area contributed by atoms with Gasteiger partial charge in [0.15, 0.2) is 0 Å². The molecule has 0 atom stereocenters. The summed E-state index contributed by atoms with van der Waals surface area (Å²) in [5.41, 5.74) is 0.914. The first-order valence-corrected chi connectivity index (χ1v) is 10.2. The van der Waals surface area contributed by atoms with Crippen LogP contribution in [0.1, 0.15) is 20.7 Å². The summed E-state index contributed by atoms with van der Waals surface area (Å²) >= 11 is 0. The van der Waals surface area contributed by atoms with Crippen molar-refractivity contribution in [3.63, 3.8) is 0 Å². The predicted octanol–water partition coefficient (Wildman–Crippen LogP) is 4.53. The normalized spacial score (nSPS) is 10.4. The average Bonchev–Trinajstić information content (AvgIpc) is 3.28. The minimum absolute atomic E-state index is 0.0754. The van der Waals surface area contributed by atoms with E-state index in [0.29, 0.717) is 22.9 Å². The molecule has 2 amide bonds. The van der Waals surface area contributed by atoms with E-state index in [0.717, 1.165) is 0 Å². The number of halogens is 1. The van der Waals surface area contributed by atoms with Crippen LogP contribution >= 0.6 is 0 Å². The van der Waals surface area contributed by atoms with Crippen molar-refractivity contribution >= 4 is 23.3 Å². The van der Waals surface area contributed by atoms with Crippen LogP contribution in [0.5, 0.6) is 11.5 Å². The number of aromatic nitrogens is 2. The zero-order valence-electron chi connectivity index (χ0n) is 18.4. The second-order valence-corrected chi connectivity index (χ2v) is 7.11. The molecule has 0 aliphatic rings. The number of benzene rings is 3. The Morgan fingerprint density at radius 2 is 1.56 bits per heavy atom. The Labute approximate surface area is 194 Å². The van der Waals surface area contributed by atoms with Gasteiger partial charge in [0.25, 0.3) is 11.8 Å². The van der Waals surface area contributed by atoms with Crippen molar-refractivity contribution in [1.82, 2.24) is 9.78 Å². The molecule has 0 aliphatic heterocycles. The summed E-state index contributed by atoms with van der Waals surface area (Å²) in [5.74, 6) is -0.907. The second-order valence-electron chi connectivity index (χ2n) is 7.11.